The van der Waals surface area contributed by atoms with Crippen LogP contribution in [0.5, 0.6) is 0 Å². The van der Waals surface area contributed by atoms with Gasteiger partial charge in [0.05, 0.1) is 0 Å². The first kappa shape index (κ1) is 46.5. The number of carbonyl (C=O) groups excluding carboxylic acids is 1. The summed E-state index contributed by atoms with van der Waals surface area (Å²) in [6.45, 7) is 0. The molecule has 0 fully saturated rings. The summed E-state index contributed by atoms with van der Waals surface area (Å²) in [7, 11) is 0. The summed E-state index contributed by atoms with van der Waals surface area (Å²) in [6.07, 6.45) is -13.7. The van der Waals surface area contributed by atoms with E-state index in [1.54, 1.807) is 0 Å². The van der Waals surface area contributed by atoms with Gasteiger partial charge in [-0.1, -0.05) is 92.8 Å². The predicted octanol–water partition coefficient (Wildman–Crippen LogP) is 11.5. The minimum atomic E-state index is -8.87. The Morgan fingerprint density at radius 2 is 0.457 bits per heavy atom. The van der Waals surface area contributed by atoms with Gasteiger partial charge in [-0.25, -0.2) is 0 Å². The van der Waals surface area contributed by atoms with Gasteiger partial charge in [0.2, 0.25) is 8.67 Å². The Hall–Kier alpha value is 0.450. The van der Waals surface area contributed by atoms with Gasteiger partial charge in [-0.15, -0.1) is 0 Å². The van der Waals surface area contributed by atoms with Crippen LogP contribution < -0.4 is 0 Å². The standard InChI is InChI=1S/C15Cl8F22O/c16-4(17,6(20,21)14(40,41)42)10(32,33)12(36,37)8(28,29)2(24,25)1(46)3(26,27)9(30,31)13(38,39)11(34,35)5(18,19)7(22,23)15(43,44)45. The Labute approximate surface area is 276 Å². The molecular formula is C15Cl8F22O. The average molecular weight is 898 g/mol. The Morgan fingerprint density at radius 3 is 0.609 bits per heavy atom. The first-order chi connectivity index (χ1) is 19.2. The van der Waals surface area contributed by atoms with Gasteiger partial charge in [-0.2, -0.15) is 96.6 Å². The molecule has 0 aliphatic carbocycles. The van der Waals surface area contributed by atoms with Crippen LogP contribution in [0.4, 0.5) is 96.6 Å². The highest BCUT2D eigenvalue weighted by atomic mass is 35.5. The summed E-state index contributed by atoms with van der Waals surface area (Å²) in [6, 6.07) is 0. The number of alkyl halides is 30. The van der Waals surface area contributed by atoms with Crippen LogP contribution in [-0.4, -0.2) is 82.8 Å². The fourth-order valence-corrected chi connectivity index (χ4v) is 3.79. The average Bonchev–Trinajstić information content (AvgIpc) is 2.80. The van der Waals surface area contributed by atoms with Crippen molar-refractivity contribution >= 4 is 98.6 Å². The van der Waals surface area contributed by atoms with Crippen molar-refractivity contribution in [1.82, 2.24) is 0 Å². The van der Waals surface area contributed by atoms with E-state index in [0.717, 1.165) is 0 Å². The van der Waals surface area contributed by atoms with Crippen molar-refractivity contribution in [3.8, 4) is 0 Å². The molecule has 31 heteroatoms. The summed E-state index contributed by atoms with van der Waals surface area (Å²) < 4.78 is 278. The molecule has 0 aromatic heterocycles. The minimum Gasteiger partial charge on any atom is -0.286 e. The third kappa shape index (κ3) is 5.78. The highest BCUT2D eigenvalue weighted by Gasteiger charge is 2.95. The van der Waals surface area contributed by atoms with Gasteiger partial charge < -0.3 is 0 Å². The molecule has 0 saturated carbocycles. The van der Waals surface area contributed by atoms with E-state index in [-0.39, 0.29) is 0 Å². The monoisotopic (exact) mass is 894 g/mol. The van der Waals surface area contributed by atoms with Crippen LogP contribution in [0.15, 0.2) is 0 Å². The zero-order chi connectivity index (χ0) is 38.6. The highest BCUT2D eigenvalue weighted by molar-refractivity contribution is 6.64. The number of ketones is 1. The number of Topliss-reactive ketones (excluding diaryl/α,β-unsaturated/α-hetero) is 1. The van der Waals surface area contributed by atoms with Crippen molar-refractivity contribution in [3.05, 3.63) is 0 Å². The van der Waals surface area contributed by atoms with E-state index in [2.05, 4.69) is 92.8 Å². The molecule has 0 aromatic carbocycles. The van der Waals surface area contributed by atoms with Gasteiger partial charge in [0.25, 0.3) is 14.4 Å². The molecule has 0 N–H and O–H groups in total. The molecule has 46 heavy (non-hydrogen) atoms. The Kier molecular flexibility index (Phi) is 11.9. The van der Waals surface area contributed by atoms with Gasteiger partial charge >= 0.3 is 59.7 Å². The number of halogens is 30. The fraction of sp³-hybridized carbons (Fsp3) is 0.933. The van der Waals surface area contributed by atoms with E-state index in [4.69, 9.17) is 0 Å². The summed E-state index contributed by atoms with van der Waals surface area (Å²) in [5.74, 6) is -74.7. The van der Waals surface area contributed by atoms with Crippen LogP contribution in [0.3, 0.4) is 0 Å². The summed E-state index contributed by atoms with van der Waals surface area (Å²) in [5, 5.41) is 0. The second-order valence-corrected chi connectivity index (χ2v) is 13.5. The van der Waals surface area contributed by atoms with Crippen LogP contribution >= 0.6 is 92.8 Å². The first-order valence-corrected chi connectivity index (χ1v) is 12.4. The third-order valence-electron chi connectivity index (χ3n) is 5.23. The molecule has 0 atom stereocenters. The largest absolute Gasteiger partial charge is 0.424 e. The molecule has 0 unspecified atom stereocenters. The molecule has 0 amide bonds. The lowest BCUT2D eigenvalue weighted by molar-refractivity contribution is -0.380. The number of rotatable bonds is 12. The molecule has 0 spiro atoms. The Morgan fingerprint density at radius 1 is 0.283 bits per heavy atom. The van der Waals surface area contributed by atoms with Gasteiger partial charge in [0.1, 0.15) is 0 Å². The van der Waals surface area contributed by atoms with Gasteiger partial charge in [0, 0.05) is 0 Å². The third-order valence-corrected chi connectivity index (χ3v) is 10.1. The van der Waals surface area contributed by atoms with E-state index in [9.17, 15) is 101 Å². The number of hydrogen-bond acceptors (Lipinski definition) is 1. The van der Waals surface area contributed by atoms with Crippen molar-refractivity contribution in [3.63, 3.8) is 0 Å². The molecule has 0 heterocycles. The molecule has 0 rings (SSSR count). The first-order valence-electron chi connectivity index (χ1n) is 9.37. The molecule has 0 aliphatic heterocycles. The Bertz CT molecular complexity index is 1080. The van der Waals surface area contributed by atoms with Crippen molar-refractivity contribution in [2.24, 2.45) is 0 Å². The lowest BCUT2D eigenvalue weighted by atomic mass is 9.86. The molecule has 0 radical (unpaired) electrons. The smallest absolute Gasteiger partial charge is 0.286 e. The van der Waals surface area contributed by atoms with Crippen molar-refractivity contribution in [1.29, 1.82) is 0 Å². The van der Waals surface area contributed by atoms with Gasteiger partial charge in [0.15, 0.2) is 0 Å². The van der Waals surface area contributed by atoms with Crippen LogP contribution in [0, 0.1) is 0 Å². The van der Waals surface area contributed by atoms with Crippen LogP contribution in [0.25, 0.3) is 0 Å². The lowest BCUT2D eigenvalue weighted by Crippen LogP contribution is -2.76. The fourth-order valence-electron chi connectivity index (χ4n) is 2.42. The molecule has 1 nitrogen and oxygen atoms in total. The Balaban J connectivity index is 7.40. The number of hydrogen-bond donors (Lipinski definition) is 0. The lowest BCUT2D eigenvalue weighted by Gasteiger charge is -2.46. The number of carbonyl (C=O) groups is 1. The zero-order valence-corrected chi connectivity index (χ0v) is 25.3. The predicted molar refractivity (Wildman–Crippen MR) is 114 cm³/mol. The normalized spacial score (nSPS) is 17.0. The van der Waals surface area contributed by atoms with E-state index in [0.29, 0.717) is 0 Å². The highest BCUT2D eigenvalue weighted by Crippen LogP contribution is 2.68. The van der Waals surface area contributed by atoms with Crippen LogP contribution in [0.2, 0.25) is 0 Å². The van der Waals surface area contributed by atoms with Crippen molar-refractivity contribution in [2.45, 2.75) is 77.1 Å². The zero-order valence-electron chi connectivity index (χ0n) is 19.2. The maximum absolute atomic E-state index is 14.2. The van der Waals surface area contributed by atoms with Crippen LogP contribution in [0.1, 0.15) is 0 Å². The quantitative estimate of drug-likeness (QED) is 0.141. The molecular weight excluding hydrogens is 898 g/mol. The van der Waals surface area contributed by atoms with Gasteiger partial charge in [-0.05, 0) is 0 Å². The summed E-state index contributed by atoms with van der Waals surface area (Å²) in [5.41, 5.74) is 0. The molecule has 276 valence electrons. The maximum Gasteiger partial charge on any atom is 0.424 e. The van der Waals surface area contributed by atoms with Crippen molar-refractivity contribution < 1.29 is 101 Å². The van der Waals surface area contributed by atoms with Gasteiger partial charge in [-0.3, -0.25) is 4.79 Å². The molecule has 0 bridgehead atoms. The SMILES string of the molecule is O=C(C(F)(F)C(F)(F)C(F)(F)C(F)(F)C(Cl)(Cl)C(Cl)(Cl)C(F)(F)F)C(F)(F)C(F)(F)C(F)(F)C(F)(F)C(Cl)(Cl)C(Cl)(Cl)C(F)(F)F. The molecule has 0 aromatic rings. The second kappa shape index (κ2) is 11.7. The van der Waals surface area contributed by atoms with E-state index < -0.39 is 82.8 Å². The van der Waals surface area contributed by atoms with E-state index >= 15 is 0 Å². The van der Waals surface area contributed by atoms with Crippen LogP contribution in [-0.2, 0) is 4.79 Å². The minimum absolute atomic E-state index is 4.22. The second-order valence-electron chi connectivity index (χ2n) is 8.22. The van der Waals surface area contributed by atoms with Crippen molar-refractivity contribution in [2.75, 3.05) is 0 Å². The summed E-state index contributed by atoms with van der Waals surface area (Å²) >= 11 is 33.8. The van der Waals surface area contributed by atoms with E-state index in [1.807, 2.05) is 0 Å². The topological polar surface area (TPSA) is 17.1 Å². The summed E-state index contributed by atoms with van der Waals surface area (Å²) in [4.78, 5) is 11.3. The molecule has 0 saturated heterocycles. The van der Waals surface area contributed by atoms with E-state index in [1.165, 1.54) is 0 Å². The maximum atomic E-state index is 14.2. The molecule has 0 aliphatic rings.